The molecule has 2 heterocycles. The molecule has 7 heteroatoms. The van der Waals surface area contributed by atoms with E-state index >= 15 is 0 Å². The molecule has 1 atom stereocenters. The van der Waals surface area contributed by atoms with Crippen molar-refractivity contribution in [2.75, 3.05) is 26.7 Å². The molecule has 0 unspecified atom stereocenters. The van der Waals surface area contributed by atoms with Gasteiger partial charge in [-0.2, -0.15) is 0 Å². The maximum Gasteiger partial charge on any atom is 0.317 e. The van der Waals surface area contributed by atoms with Crippen molar-refractivity contribution in [1.82, 2.24) is 14.8 Å². The maximum absolute atomic E-state index is 12.9. The number of para-hydroxylation sites is 1. The first-order chi connectivity index (χ1) is 13.5. The van der Waals surface area contributed by atoms with Crippen molar-refractivity contribution < 1.29 is 19.4 Å². The number of pyridine rings is 1. The number of likely N-dealkylation sites (N-methyl/N-ethyl adjacent to an activating group) is 1. The van der Waals surface area contributed by atoms with Crippen LogP contribution in [0.25, 0.3) is 0 Å². The minimum Gasteiger partial charge on any atom is -0.480 e. The smallest absolute Gasteiger partial charge is 0.317 e. The zero-order chi connectivity index (χ0) is 19.9. The second kappa shape index (κ2) is 9.32. The van der Waals surface area contributed by atoms with Crippen LogP contribution < -0.4 is 4.74 Å². The van der Waals surface area contributed by atoms with Crippen LogP contribution in [0, 0.1) is 0 Å². The Hall–Kier alpha value is -2.93. The van der Waals surface area contributed by atoms with Gasteiger partial charge in [-0.05, 0) is 44.5 Å². The van der Waals surface area contributed by atoms with E-state index in [4.69, 9.17) is 9.84 Å². The summed E-state index contributed by atoms with van der Waals surface area (Å²) >= 11 is 0. The Labute approximate surface area is 164 Å². The molecule has 0 saturated carbocycles. The molecule has 0 bridgehead atoms. The molecule has 0 aliphatic carbocycles. The number of likely N-dealkylation sites (tertiary alicyclic amines) is 1. The van der Waals surface area contributed by atoms with Crippen LogP contribution in [-0.4, -0.2) is 64.5 Å². The third-order valence-corrected chi connectivity index (χ3v) is 4.92. The molecule has 28 heavy (non-hydrogen) atoms. The summed E-state index contributed by atoms with van der Waals surface area (Å²) in [6.45, 7) is 1.24. The van der Waals surface area contributed by atoms with Crippen molar-refractivity contribution >= 4 is 11.9 Å². The van der Waals surface area contributed by atoms with E-state index < -0.39 is 5.97 Å². The van der Waals surface area contributed by atoms with E-state index in [1.807, 2.05) is 42.3 Å². The summed E-state index contributed by atoms with van der Waals surface area (Å²) in [7, 11) is 1.82. The third-order valence-electron chi connectivity index (χ3n) is 4.92. The van der Waals surface area contributed by atoms with E-state index in [0.717, 1.165) is 19.3 Å². The van der Waals surface area contributed by atoms with E-state index in [9.17, 15) is 9.59 Å². The Morgan fingerprint density at radius 3 is 2.71 bits per heavy atom. The number of ether oxygens (including phenoxy) is 1. The van der Waals surface area contributed by atoms with Gasteiger partial charge < -0.3 is 14.7 Å². The van der Waals surface area contributed by atoms with Crippen LogP contribution in [0.15, 0.2) is 48.7 Å². The van der Waals surface area contributed by atoms with Gasteiger partial charge in [-0.1, -0.05) is 18.2 Å². The Kier molecular flexibility index (Phi) is 6.60. The summed E-state index contributed by atoms with van der Waals surface area (Å²) in [4.78, 5) is 31.7. The van der Waals surface area contributed by atoms with E-state index in [2.05, 4.69) is 4.98 Å². The normalized spacial score (nSPS) is 17.2. The fourth-order valence-electron chi connectivity index (χ4n) is 3.44. The van der Waals surface area contributed by atoms with Gasteiger partial charge in [0.2, 0.25) is 0 Å². The van der Waals surface area contributed by atoms with Crippen molar-refractivity contribution in [2.45, 2.75) is 25.3 Å². The second-order valence-corrected chi connectivity index (χ2v) is 6.98. The average Bonchev–Trinajstić information content (AvgIpc) is 2.94. The molecule has 1 aromatic carbocycles. The second-order valence-electron chi connectivity index (χ2n) is 6.98. The van der Waals surface area contributed by atoms with Gasteiger partial charge in [-0.25, -0.2) is 0 Å². The average molecular weight is 383 g/mol. The molecule has 0 radical (unpaired) electrons. The number of carbonyl (C=O) groups is 2. The quantitative estimate of drug-likeness (QED) is 0.826. The fourth-order valence-corrected chi connectivity index (χ4v) is 3.44. The summed E-state index contributed by atoms with van der Waals surface area (Å²) in [5, 5.41) is 8.98. The number of hydrogen-bond acceptors (Lipinski definition) is 5. The highest BCUT2D eigenvalue weighted by Gasteiger charge is 2.25. The molecule has 1 aliphatic heterocycles. The number of carboxylic acids is 1. The monoisotopic (exact) mass is 383 g/mol. The standard InChI is InChI=1S/C21H25N3O4/c1-23(15-20(25)26)16-6-5-12-24(13-10-16)21(27)19-14-18(9-11-22-19)28-17-7-3-2-4-8-17/h2-4,7-9,11,14,16H,5-6,10,12-13,15H2,1H3,(H,25,26)/t16-/m1/s1. The largest absolute Gasteiger partial charge is 0.480 e. The molecule has 1 saturated heterocycles. The van der Waals surface area contributed by atoms with Gasteiger partial charge in [0, 0.05) is 31.4 Å². The number of rotatable bonds is 6. The first-order valence-corrected chi connectivity index (χ1v) is 9.43. The van der Waals surface area contributed by atoms with Crippen LogP contribution in [-0.2, 0) is 4.79 Å². The van der Waals surface area contributed by atoms with Gasteiger partial charge in [-0.3, -0.25) is 19.5 Å². The van der Waals surface area contributed by atoms with E-state index in [0.29, 0.717) is 30.3 Å². The van der Waals surface area contributed by atoms with E-state index in [1.165, 1.54) is 0 Å². The molecule has 148 valence electrons. The number of nitrogens with zero attached hydrogens (tertiary/aromatic N) is 3. The van der Waals surface area contributed by atoms with Crippen LogP contribution in [0.2, 0.25) is 0 Å². The van der Waals surface area contributed by atoms with Gasteiger partial charge in [0.15, 0.2) is 0 Å². The van der Waals surface area contributed by atoms with Crippen LogP contribution in [0.3, 0.4) is 0 Å². The highest BCUT2D eigenvalue weighted by molar-refractivity contribution is 5.92. The van der Waals surface area contributed by atoms with Gasteiger partial charge in [0.05, 0.1) is 6.54 Å². The zero-order valence-electron chi connectivity index (χ0n) is 16.0. The van der Waals surface area contributed by atoms with Gasteiger partial charge in [0.25, 0.3) is 5.91 Å². The number of aliphatic carboxylic acids is 1. The van der Waals surface area contributed by atoms with E-state index in [-0.39, 0.29) is 18.5 Å². The lowest BCUT2D eigenvalue weighted by Gasteiger charge is -2.25. The molecule has 1 N–H and O–H groups in total. The Morgan fingerprint density at radius 1 is 1.18 bits per heavy atom. The Bertz CT molecular complexity index is 812. The minimum atomic E-state index is -0.834. The predicted octanol–water partition coefficient (Wildman–Crippen LogP) is 2.89. The Balaban J connectivity index is 1.64. The summed E-state index contributed by atoms with van der Waals surface area (Å²) in [6, 6.07) is 12.9. The zero-order valence-corrected chi connectivity index (χ0v) is 16.0. The molecule has 1 aliphatic rings. The highest BCUT2D eigenvalue weighted by Crippen LogP contribution is 2.22. The van der Waals surface area contributed by atoms with Crippen molar-refractivity contribution in [3.8, 4) is 11.5 Å². The van der Waals surface area contributed by atoms with Crippen molar-refractivity contribution in [2.24, 2.45) is 0 Å². The van der Waals surface area contributed by atoms with Crippen LogP contribution in [0.5, 0.6) is 11.5 Å². The van der Waals surface area contributed by atoms with Crippen LogP contribution >= 0.6 is 0 Å². The molecule has 0 spiro atoms. The number of benzene rings is 1. The van der Waals surface area contributed by atoms with Crippen molar-refractivity contribution in [1.29, 1.82) is 0 Å². The molecular weight excluding hydrogens is 358 g/mol. The van der Waals surface area contributed by atoms with Gasteiger partial charge >= 0.3 is 5.97 Å². The number of hydrogen-bond donors (Lipinski definition) is 1. The number of amides is 1. The summed E-state index contributed by atoms with van der Waals surface area (Å²) < 4.78 is 5.79. The highest BCUT2D eigenvalue weighted by atomic mass is 16.5. The number of carbonyl (C=O) groups excluding carboxylic acids is 1. The minimum absolute atomic E-state index is 0.0129. The molecule has 1 aromatic heterocycles. The molecule has 1 amide bonds. The lowest BCUT2D eigenvalue weighted by atomic mass is 10.1. The maximum atomic E-state index is 12.9. The SMILES string of the molecule is CN(CC(=O)O)[C@@H]1CCCN(C(=O)c2cc(Oc3ccccc3)ccn2)CC1. The summed E-state index contributed by atoms with van der Waals surface area (Å²) in [5.74, 6) is 0.309. The van der Waals surface area contributed by atoms with Gasteiger partial charge in [0.1, 0.15) is 17.2 Å². The first-order valence-electron chi connectivity index (χ1n) is 9.43. The molecule has 3 rings (SSSR count). The Morgan fingerprint density at radius 2 is 1.96 bits per heavy atom. The molecule has 2 aromatic rings. The van der Waals surface area contributed by atoms with Crippen LogP contribution in [0.4, 0.5) is 0 Å². The van der Waals surface area contributed by atoms with Crippen LogP contribution in [0.1, 0.15) is 29.8 Å². The number of carboxylic acid groups (broad SMARTS) is 1. The predicted molar refractivity (Wildman–Crippen MR) is 105 cm³/mol. The molecule has 1 fully saturated rings. The first kappa shape index (κ1) is 19.8. The third kappa shape index (κ3) is 5.29. The van der Waals surface area contributed by atoms with Gasteiger partial charge in [-0.15, -0.1) is 0 Å². The molecular formula is C21H25N3O4. The lowest BCUT2D eigenvalue weighted by molar-refractivity contribution is -0.138. The topological polar surface area (TPSA) is 83.0 Å². The van der Waals surface area contributed by atoms with Crippen molar-refractivity contribution in [3.05, 3.63) is 54.4 Å². The summed E-state index contributed by atoms with van der Waals surface area (Å²) in [5.41, 5.74) is 0.353. The van der Waals surface area contributed by atoms with Crippen molar-refractivity contribution in [3.63, 3.8) is 0 Å². The molecule has 7 nitrogen and oxygen atoms in total. The van der Waals surface area contributed by atoms with E-state index in [1.54, 1.807) is 23.2 Å². The fraction of sp³-hybridized carbons (Fsp3) is 0.381. The number of aromatic nitrogens is 1. The summed E-state index contributed by atoms with van der Waals surface area (Å²) in [6.07, 6.45) is 4.03. The lowest BCUT2D eigenvalue weighted by Crippen LogP contribution is -2.37.